The van der Waals surface area contributed by atoms with Crippen molar-refractivity contribution < 1.29 is 9.90 Å². The lowest BCUT2D eigenvalue weighted by Gasteiger charge is -2.20. The summed E-state index contributed by atoms with van der Waals surface area (Å²) in [5.41, 5.74) is 2.24. The van der Waals surface area contributed by atoms with Gasteiger partial charge in [-0.15, -0.1) is 11.8 Å². The van der Waals surface area contributed by atoms with E-state index in [-0.39, 0.29) is 0 Å². The van der Waals surface area contributed by atoms with Gasteiger partial charge in [-0.2, -0.15) is 5.26 Å². The van der Waals surface area contributed by atoms with Gasteiger partial charge < -0.3 is 5.11 Å². The van der Waals surface area contributed by atoms with E-state index in [9.17, 15) is 9.90 Å². The van der Waals surface area contributed by atoms with Crippen LogP contribution >= 0.6 is 11.8 Å². The second-order valence-electron chi connectivity index (χ2n) is 4.98. The number of carboxylic acid groups (broad SMARTS) is 1. The number of thioether (sulfide) groups is 1. The molecule has 106 valence electrons. The van der Waals surface area contributed by atoms with Gasteiger partial charge in [0.25, 0.3) is 0 Å². The van der Waals surface area contributed by atoms with Crippen LogP contribution in [0.2, 0.25) is 0 Å². The molecule has 1 N–H and O–H groups in total. The number of aromatic nitrogens is 1. The van der Waals surface area contributed by atoms with Gasteiger partial charge in [0.15, 0.2) is 0 Å². The fourth-order valence-corrected chi connectivity index (χ4v) is 2.81. The predicted octanol–water partition coefficient (Wildman–Crippen LogP) is 3.58. The van der Waals surface area contributed by atoms with E-state index in [1.807, 2.05) is 6.07 Å². The molecule has 0 atom stereocenters. The standard InChI is InChI=1S/C16H14N2O2S/c1-16(2,15(19)20)21-14-6-7-18-10-13(14)12-5-3-4-11(8-12)9-17/h3-8,10H,1-2H3,(H,19,20). The summed E-state index contributed by atoms with van der Waals surface area (Å²) in [7, 11) is 0. The number of carboxylic acids is 1. The van der Waals surface area contributed by atoms with Crippen molar-refractivity contribution in [3.63, 3.8) is 0 Å². The molecule has 0 aliphatic heterocycles. The number of rotatable bonds is 4. The van der Waals surface area contributed by atoms with Crippen molar-refractivity contribution >= 4 is 17.7 Å². The van der Waals surface area contributed by atoms with Gasteiger partial charge in [0, 0.05) is 22.9 Å². The highest BCUT2D eigenvalue weighted by Gasteiger charge is 2.29. The third kappa shape index (κ3) is 3.41. The average Bonchev–Trinajstić information content (AvgIpc) is 2.47. The van der Waals surface area contributed by atoms with Gasteiger partial charge >= 0.3 is 5.97 Å². The van der Waals surface area contributed by atoms with Gasteiger partial charge in [-0.1, -0.05) is 12.1 Å². The van der Waals surface area contributed by atoms with Gasteiger partial charge in [-0.3, -0.25) is 9.78 Å². The lowest BCUT2D eigenvalue weighted by Crippen LogP contribution is -2.27. The first-order valence-corrected chi connectivity index (χ1v) is 7.12. The Morgan fingerprint density at radius 3 is 2.81 bits per heavy atom. The molecular weight excluding hydrogens is 284 g/mol. The predicted molar refractivity (Wildman–Crippen MR) is 82.0 cm³/mol. The van der Waals surface area contributed by atoms with E-state index < -0.39 is 10.7 Å². The zero-order chi connectivity index (χ0) is 15.5. The fourth-order valence-electron chi connectivity index (χ4n) is 1.76. The first-order valence-electron chi connectivity index (χ1n) is 6.31. The van der Waals surface area contributed by atoms with Crippen molar-refractivity contribution in [3.05, 3.63) is 48.3 Å². The second kappa shape index (κ2) is 5.98. The summed E-state index contributed by atoms with van der Waals surface area (Å²) in [6.07, 6.45) is 3.33. The lowest BCUT2D eigenvalue weighted by atomic mass is 10.1. The van der Waals surface area contributed by atoms with Crippen LogP contribution in [0.25, 0.3) is 11.1 Å². The quantitative estimate of drug-likeness (QED) is 0.873. The number of hydrogen-bond acceptors (Lipinski definition) is 4. The van der Waals surface area contributed by atoms with Crippen molar-refractivity contribution in [1.29, 1.82) is 5.26 Å². The maximum atomic E-state index is 11.3. The van der Waals surface area contributed by atoms with E-state index in [1.54, 1.807) is 50.5 Å². The average molecular weight is 298 g/mol. The SMILES string of the molecule is CC(C)(Sc1ccncc1-c1cccc(C#N)c1)C(=O)O. The molecule has 0 radical (unpaired) electrons. The van der Waals surface area contributed by atoms with Crippen molar-refractivity contribution in [2.45, 2.75) is 23.5 Å². The van der Waals surface area contributed by atoms with Crippen LogP contribution < -0.4 is 0 Å². The fraction of sp³-hybridized carbons (Fsp3) is 0.188. The number of nitrogens with zero attached hydrogens (tertiary/aromatic N) is 2. The molecule has 0 saturated heterocycles. The number of benzene rings is 1. The maximum Gasteiger partial charge on any atom is 0.319 e. The number of carbonyl (C=O) groups is 1. The molecule has 2 rings (SSSR count). The Labute approximate surface area is 127 Å². The van der Waals surface area contributed by atoms with Gasteiger partial charge in [-0.25, -0.2) is 0 Å². The number of nitriles is 1. The smallest absolute Gasteiger partial charge is 0.319 e. The molecular formula is C16H14N2O2S. The van der Waals surface area contributed by atoms with Crippen molar-refractivity contribution in [2.75, 3.05) is 0 Å². The minimum atomic E-state index is -0.942. The molecule has 0 saturated carbocycles. The summed E-state index contributed by atoms with van der Waals surface area (Å²) in [6, 6.07) is 11.1. The third-order valence-electron chi connectivity index (χ3n) is 2.96. The number of hydrogen-bond donors (Lipinski definition) is 1. The number of pyridine rings is 1. The zero-order valence-corrected chi connectivity index (χ0v) is 12.5. The highest BCUT2D eigenvalue weighted by atomic mass is 32.2. The van der Waals surface area contributed by atoms with E-state index in [0.29, 0.717) is 5.56 Å². The largest absolute Gasteiger partial charge is 0.480 e. The molecule has 0 bridgehead atoms. The Morgan fingerprint density at radius 1 is 1.38 bits per heavy atom. The summed E-state index contributed by atoms with van der Waals surface area (Å²) in [4.78, 5) is 16.2. The molecule has 5 heteroatoms. The van der Waals surface area contributed by atoms with E-state index in [4.69, 9.17) is 5.26 Å². The summed E-state index contributed by atoms with van der Waals surface area (Å²) in [5.74, 6) is -0.874. The van der Waals surface area contributed by atoms with Crippen LogP contribution in [0.5, 0.6) is 0 Å². The van der Waals surface area contributed by atoms with Crippen molar-refractivity contribution in [2.24, 2.45) is 0 Å². The maximum absolute atomic E-state index is 11.3. The van der Waals surface area contributed by atoms with Gasteiger partial charge in [0.05, 0.1) is 11.6 Å². The van der Waals surface area contributed by atoms with Crippen LogP contribution in [0.15, 0.2) is 47.6 Å². The molecule has 1 aromatic heterocycles. The summed E-state index contributed by atoms with van der Waals surface area (Å²) < 4.78 is -0.942. The minimum absolute atomic E-state index is 0.560. The molecule has 0 aliphatic rings. The normalized spacial score (nSPS) is 10.9. The molecule has 0 amide bonds. The molecule has 0 unspecified atom stereocenters. The molecule has 1 aromatic carbocycles. The van der Waals surface area contributed by atoms with Gasteiger partial charge in [0.2, 0.25) is 0 Å². The Hall–Kier alpha value is -2.32. The molecule has 0 fully saturated rings. The summed E-state index contributed by atoms with van der Waals surface area (Å²) >= 11 is 1.27. The van der Waals surface area contributed by atoms with E-state index in [2.05, 4.69) is 11.1 Å². The third-order valence-corrected chi connectivity index (χ3v) is 4.22. The Balaban J connectivity index is 2.46. The van der Waals surface area contributed by atoms with Crippen LogP contribution in [0.3, 0.4) is 0 Å². The highest BCUT2D eigenvalue weighted by Crippen LogP contribution is 2.38. The van der Waals surface area contributed by atoms with Crippen LogP contribution in [-0.2, 0) is 4.79 Å². The Bertz CT molecular complexity index is 720. The molecule has 0 spiro atoms. The summed E-state index contributed by atoms with van der Waals surface area (Å²) in [5, 5.41) is 18.3. The van der Waals surface area contributed by atoms with Crippen molar-refractivity contribution in [3.8, 4) is 17.2 Å². The Kier molecular flexibility index (Phi) is 4.29. The highest BCUT2D eigenvalue weighted by molar-refractivity contribution is 8.01. The molecule has 0 aliphatic carbocycles. The monoisotopic (exact) mass is 298 g/mol. The molecule has 1 heterocycles. The zero-order valence-electron chi connectivity index (χ0n) is 11.7. The van der Waals surface area contributed by atoms with Crippen molar-refractivity contribution in [1.82, 2.24) is 4.98 Å². The van der Waals surface area contributed by atoms with Crippen LogP contribution in [0, 0.1) is 11.3 Å². The van der Waals surface area contributed by atoms with E-state index in [0.717, 1.165) is 16.0 Å². The van der Waals surface area contributed by atoms with E-state index >= 15 is 0 Å². The molecule has 4 nitrogen and oxygen atoms in total. The second-order valence-corrected chi connectivity index (χ2v) is 6.65. The molecule has 21 heavy (non-hydrogen) atoms. The Morgan fingerprint density at radius 2 is 2.14 bits per heavy atom. The van der Waals surface area contributed by atoms with Crippen LogP contribution in [0.4, 0.5) is 0 Å². The number of aliphatic carboxylic acids is 1. The van der Waals surface area contributed by atoms with Crippen LogP contribution in [-0.4, -0.2) is 20.8 Å². The van der Waals surface area contributed by atoms with Gasteiger partial charge in [-0.05, 0) is 37.6 Å². The molecule has 2 aromatic rings. The summed E-state index contributed by atoms with van der Waals surface area (Å²) in [6.45, 7) is 3.33. The first kappa shape index (κ1) is 15.1. The lowest BCUT2D eigenvalue weighted by molar-refractivity contribution is -0.138. The van der Waals surface area contributed by atoms with Gasteiger partial charge in [0.1, 0.15) is 4.75 Å². The first-order chi connectivity index (χ1) is 9.94. The topological polar surface area (TPSA) is 74.0 Å². The van der Waals surface area contributed by atoms with E-state index in [1.165, 1.54) is 11.8 Å². The minimum Gasteiger partial charge on any atom is -0.480 e. The van der Waals surface area contributed by atoms with Crippen LogP contribution in [0.1, 0.15) is 19.4 Å².